The molecular formula is C7H11B2O4. The molecule has 0 bridgehead atoms. The van der Waals surface area contributed by atoms with E-state index in [2.05, 4.69) is 0 Å². The summed E-state index contributed by atoms with van der Waals surface area (Å²) in [5.41, 5.74) is 1.47. The lowest BCUT2D eigenvalue weighted by Crippen LogP contribution is -2.31. The Hall–Kier alpha value is -0.810. The Balaban J connectivity index is 0.000000424. The van der Waals surface area contributed by atoms with E-state index in [-0.39, 0.29) is 7.69 Å². The molecule has 13 heavy (non-hydrogen) atoms. The molecule has 4 nitrogen and oxygen atoms in total. The molecule has 0 spiro atoms. The third kappa shape index (κ3) is 4.69. The first-order valence-corrected chi connectivity index (χ1v) is 3.65. The second kappa shape index (κ2) is 6.68. The van der Waals surface area contributed by atoms with Gasteiger partial charge >= 0.3 is 14.8 Å². The van der Waals surface area contributed by atoms with Crippen LogP contribution in [0.2, 0.25) is 0 Å². The fourth-order valence-electron chi connectivity index (χ4n) is 0.876. The summed E-state index contributed by atoms with van der Waals surface area (Å²) in [5, 5.41) is 31.5. The minimum atomic E-state index is -1.35. The third-order valence-corrected chi connectivity index (χ3v) is 1.47. The zero-order chi connectivity index (χ0) is 10.3. The van der Waals surface area contributed by atoms with Crippen molar-refractivity contribution in [2.45, 2.75) is 6.92 Å². The van der Waals surface area contributed by atoms with Gasteiger partial charge in [0.05, 0.1) is 0 Å². The Labute approximate surface area is 77.9 Å². The van der Waals surface area contributed by atoms with Gasteiger partial charge < -0.3 is 20.1 Å². The Bertz CT molecular complexity index is 242. The van der Waals surface area contributed by atoms with E-state index in [0.717, 1.165) is 5.56 Å². The molecule has 0 aliphatic carbocycles. The molecular weight excluding hydrogens is 170 g/mol. The summed E-state index contributed by atoms with van der Waals surface area (Å²) < 4.78 is 0. The predicted molar refractivity (Wildman–Crippen MR) is 51.2 cm³/mol. The summed E-state index contributed by atoms with van der Waals surface area (Å²) >= 11 is 0. The van der Waals surface area contributed by atoms with E-state index in [9.17, 15) is 0 Å². The first kappa shape index (κ1) is 12.2. The van der Waals surface area contributed by atoms with Crippen molar-refractivity contribution >= 4 is 20.3 Å². The number of hydrogen-bond donors (Lipinski definition) is 4. The van der Waals surface area contributed by atoms with E-state index in [4.69, 9.17) is 20.1 Å². The van der Waals surface area contributed by atoms with Crippen LogP contribution in [0.1, 0.15) is 5.56 Å². The third-order valence-electron chi connectivity index (χ3n) is 1.47. The standard InChI is InChI=1S/C7H9BO2.BH2O2/c1-6-4-2-3-5-7(6)8(9)10;2-1-3/h2-5,9-10H,1H3;2-3H. The van der Waals surface area contributed by atoms with Gasteiger partial charge in [0.15, 0.2) is 0 Å². The van der Waals surface area contributed by atoms with Crippen molar-refractivity contribution in [3.05, 3.63) is 29.8 Å². The van der Waals surface area contributed by atoms with Crippen molar-refractivity contribution in [2.75, 3.05) is 0 Å². The highest BCUT2D eigenvalue weighted by molar-refractivity contribution is 6.59. The summed E-state index contributed by atoms with van der Waals surface area (Å²) in [7, 11) is -1.35. The van der Waals surface area contributed by atoms with Crippen LogP contribution >= 0.6 is 0 Å². The van der Waals surface area contributed by atoms with E-state index >= 15 is 0 Å². The molecule has 0 aliphatic heterocycles. The van der Waals surface area contributed by atoms with Crippen LogP contribution in [0.5, 0.6) is 0 Å². The molecule has 4 N–H and O–H groups in total. The van der Waals surface area contributed by atoms with E-state index in [1.165, 1.54) is 0 Å². The largest absolute Gasteiger partial charge is 0.488 e. The number of aryl methyl sites for hydroxylation is 1. The molecule has 0 atom stereocenters. The Kier molecular flexibility index (Phi) is 6.26. The van der Waals surface area contributed by atoms with Gasteiger partial charge in [0, 0.05) is 0 Å². The molecule has 69 valence electrons. The van der Waals surface area contributed by atoms with Gasteiger partial charge in [-0.1, -0.05) is 29.8 Å². The molecule has 0 saturated heterocycles. The van der Waals surface area contributed by atoms with Crippen molar-refractivity contribution < 1.29 is 20.1 Å². The zero-order valence-electron chi connectivity index (χ0n) is 7.25. The highest BCUT2D eigenvalue weighted by Crippen LogP contribution is 1.92. The van der Waals surface area contributed by atoms with Crippen LogP contribution in [0.3, 0.4) is 0 Å². The summed E-state index contributed by atoms with van der Waals surface area (Å²) in [5.74, 6) is 0. The van der Waals surface area contributed by atoms with Gasteiger partial charge in [-0.25, -0.2) is 0 Å². The van der Waals surface area contributed by atoms with Crippen LogP contribution in [0.15, 0.2) is 24.3 Å². The maximum Gasteiger partial charge on any atom is 0.488 e. The Morgan fingerprint density at radius 3 is 1.92 bits per heavy atom. The van der Waals surface area contributed by atoms with Gasteiger partial charge in [0.25, 0.3) is 0 Å². The van der Waals surface area contributed by atoms with Crippen LogP contribution < -0.4 is 5.46 Å². The van der Waals surface area contributed by atoms with Crippen LogP contribution in [-0.2, 0) is 0 Å². The van der Waals surface area contributed by atoms with Crippen LogP contribution in [0.4, 0.5) is 0 Å². The minimum absolute atomic E-state index is 0. The minimum Gasteiger partial charge on any atom is -0.429 e. The molecule has 1 rings (SSSR count). The molecule has 1 aromatic carbocycles. The van der Waals surface area contributed by atoms with Crippen LogP contribution in [0.25, 0.3) is 0 Å². The Morgan fingerprint density at radius 1 is 1.15 bits per heavy atom. The predicted octanol–water partition coefficient (Wildman–Crippen LogP) is -1.82. The summed E-state index contributed by atoms with van der Waals surface area (Å²) in [6, 6.07) is 7.18. The molecule has 0 heterocycles. The lowest BCUT2D eigenvalue weighted by atomic mass is 9.77. The van der Waals surface area contributed by atoms with E-state index < -0.39 is 7.12 Å². The van der Waals surface area contributed by atoms with Gasteiger partial charge in [-0.05, 0) is 12.4 Å². The highest BCUT2D eigenvalue weighted by Gasteiger charge is 2.11. The topological polar surface area (TPSA) is 80.9 Å². The number of rotatable bonds is 1. The maximum absolute atomic E-state index is 8.76. The molecule has 0 aromatic heterocycles. The Morgan fingerprint density at radius 2 is 1.62 bits per heavy atom. The molecule has 0 unspecified atom stereocenters. The SMILES string of the molecule is Cc1ccccc1B(O)O.O[B]O. The average molecular weight is 181 g/mol. The van der Waals surface area contributed by atoms with Gasteiger partial charge in [-0.3, -0.25) is 0 Å². The van der Waals surface area contributed by atoms with Gasteiger partial charge in [-0.15, -0.1) is 0 Å². The first-order chi connectivity index (χ1) is 6.13. The van der Waals surface area contributed by atoms with E-state index in [1.54, 1.807) is 12.1 Å². The van der Waals surface area contributed by atoms with E-state index in [1.807, 2.05) is 19.1 Å². The van der Waals surface area contributed by atoms with Crippen molar-refractivity contribution in [1.29, 1.82) is 0 Å². The van der Waals surface area contributed by atoms with Crippen molar-refractivity contribution in [3.63, 3.8) is 0 Å². The number of hydrogen-bond acceptors (Lipinski definition) is 4. The first-order valence-electron chi connectivity index (χ1n) is 3.65. The monoisotopic (exact) mass is 181 g/mol. The summed E-state index contributed by atoms with van der Waals surface area (Å²) in [6.07, 6.45) is 0. The lowest BCUT2D eigenvalue weighted by molar-refractivity contribution is 0.425. The summed E-state index contributed by atoms with van der Waals surface area (Å²) in [6.45, 7) is 1.84. The average Bonchev–Trinajstić information content (AvgIpc) is 2.06. The fourth-order valence-corrected chi connectivity index (χ4v) is 0.876. The summed E-state index contributed by atoms with van der Waals surface area (Å²) in [4.78, 5) is 0. The second-order valence-corrected chi connectivity index (χ2v) is 2.35. The molecule has 0 amide bonds. The zero-order valence-corrected chi connectivity index (χ0v) is 7.25. The maximum atomic E-state index is 8.76. The van der Waals surface area contributed by atoms with Crippen molar-refractivity contribution in [1.82, 2.24) is 0 Å². The normalized spacial score (nSPS) is 8.38. The molecule has 1 aromatic rings. The highest BCUT2D eigenvalue weighted by atomic mass is 16.4. The lowest BCUT2D eigenvalue weighted by Gasteiger charge is -2.01. The number of benzene rings is 1. The van der Waals surface area contributed by atoms with Crippen molar-refractivity contribution in [2.24, 2.45) is 0 Å². The van der Waals surface area contributed by atoms with Gasteiger partial charge in [-0.2, -0.15) is 0 Å². The van der Waals surface area contributed by atoms with Crippen LogP contribution in [-0.4, -0.2) is 34.9 Å². The van der Waals surface area contributed by atoms with Gasteiger partial charge in [0.2, 0.25) is 0 Å². The smallest absolute Gasteiger partial charge is 0.429 e. The fraction of sp³-hybridized carbons (Fsp3) is 0.143. The quantitative estimate of drug-likeness (QED) is 0.384. The molecule has 0 fully saturated rings. The second-order valence-electron chi connectivity index (χ2n) is 2.35. The molecule has 6 heteroatoms. The van der Waals surface area contributed by atoms with Crippen LogP contribution in [0, 0.1) is 6.92 Å². The molecule has 1 radical (unpaired) electrons. The van der Waals surface area contributed by atoms with E-state index in [0.29, 0.717) is 5.46 Å². The molecule has 0 aliphatic rings. The van der Waals surface area contributed by atoms with Crippen molar-refractivity contribution in [3.8, 4) is 0 Å². The molecule has 0 saturated carbocycles. The van der Waals surface area contributed by atoms with Gasteiger partial charge in [0.1, 0.15) is 0 Å².